The molecule has 1 fully saturated rings. The fourth-order valence-electron chi connectivity index (χ4n) is 2.07. The second kappa shape index (κ2) is 5.35. The van der Waals surface area contributed by atoms with Crippen LogP contribution in [-0.4, -0.2) is 50.6 Å². The summed E-state index contributed by atoms with van der Waals surface area (Å²) in [6.07, 6.45) is 3.16. The number of hydrogen-bond donors (Lipinski definition) is 3. The maximum absolute atomic E-state index is 12.0. The number of nitrogens with zero attached hydrogens (tertiary/aromatic N) is 3. The van der Waals surface area contributed by atoms with Crippen LogP contribution in [0.5, 0.6) is 0 Å². The first-order valence-corrected chi connectivity index (χ1v) is 6.18. The lowest BCUT2D eigenvalue weighted by molar-refractivity contribution is -0.126. The highest BCUT2D eigenvalue weighted by atomic mass is 16.4. The van der Waals surface area contributed by atoms with E-state index in [9.17, 15) is 9.59 Å². The number of hydrogen-bond acceptors (Lipinski definition) is 5. The molecule has 2 heterocycles. The third-order valence-electron chi connectivity index (χ3n) is 3.25. The van der Waals surface area contributed by atoms with Crippen LogP contribution in [0.1, 0.15) is 30.3 Å². The molecule has 19 heavy (non-hydrogen) atoms. The molecule has 1 amide bonds. The monoisotopic (exact) mass is 267 g/mol. The van der Waals surface area contributed by atoms with Gasteiger partial charge in [-0.05, 0) is 26.3 Å². The van der Waals surface area contributed by atoms with Gasteiger partial charge < -0.3 is 15.7 Å². The van der Waals surface area contributed by atoms with Gasteiger partial charge in [0.1, 0.15) is 0 Å². The molecule has 0 spiro atoms. The van der Waals surface area contributed by atoms with E-state index in [2.05, 4.69) is 20.9 Å². The highest BCUT2D eigenvalue weighted by Crippen LogP contribution is 2.18. The average Bonchev–Trinajstić information content (AvgIpc) is 2.99. The summed E-state index contributed by atoms with van der Waals surface area (Å²) in [5.74, 6) is -1.15. The molecule has 1 aliphatic heterocycles. The van der Waals surface area contributed by atoms with Gasteiger partial charge in [0.05, 0.1) is 18.3 Å². The van der Waals surface area contributed by atoms with E-state index >= 15 is 0 Å². The molecule has 0 aliphatic carbocycles. The van der Waals surface area contributed by atoms with Crippen LogP contribution in [0, 0.1) is 0 Å². The number of rotatable bonds is 5. The molecular weight excluding hydrogens is 250 g/mol. The molecule has 1 atom stereocenters. The summed E-state index contributed by atoms with van der Waals surface area (Å²) in [5.41, 5.74) is -0.593. The van der Waals surface area contributed by atoms with Crippen LogP contribution in [-0.2, 0) is 11.3 Å². The maximum atomic E-state index is 12.0. The molecule has 1 aromatic rings. The van der Waals surface area contributed by atoms with Gasteiger partial charge in [-0.25, -0.2) is 9.48 Å². The molecule has 3 N–H and O–H groups in total. The molecule has 1 aliphatic rings. The van der Waals surface area contributed by atoms with Crippen molar-refractivity contribution < 1.29 is 14.7 Å². The molecule has 0 saturated carbocycles. The third-order valence-corrected chi connectivity index (χ3v) is 3.25. The van der Waals surface area contributed by atoms with Gasteiger partial charge in [-0.2, -0.15) is 0 Å². The molecule has 1 unspecified atom stereocenters. The molecule has 8 nitrogen and oxygen atoms in total. The minimum absolute atomic E-state index is 0.0384. The Balaban J connectivity index is 1.79. The van der Waals surface area contributed by atoms with E-state index in [0.717, 1.165) is 19.4 Å². The number of carbonyl (C=O) groups is 2. The standard InChI is InChI=1S/C11H17N5O3/c1-11(3-2-4-13-11)10(19)12-5-6-16-7-8(9(17)18)14-15-16/h7,13H,2-6H2,1H3,(H,12,19)(H,17,18). The van der Waals surface area contributed by atoms with Crippen LogP contribution in [0.4, 0.5) is 0 Å². The molecule has 0 bridgehead atoms. The summed E-state index contributed by atoms with van der Waals surface area (Å²) in [6, 6.07) is 0. The number of amides is 1. The lowest BCUT2D eigenvalue weighted by Gasteiger charge is -2.22. The largest absolute Gasteiger partial charge is 0.476 e. The zero-order chi connectivity index (χ0) is 13.9. The van der Waals surface area contributed by atoms with Gasteiger partial charge >= 0.3 is 5.97 Å². The predicted octanol–water partition coefficient (Wildman–Crippen LogP) is -0.765. The van der Waals surface area contributed by atoms with E-state index in [4.69, 9.17) is 5.11 Å². The summed E-state index contributed by atoms with van der Waals surface area (Å²) in [7, 11) is 0. The van der Waals surface area contributed by atoms with Gasteiger partial charge in [-0.15, -0.1) is 5.10 Å². The van der Waals surface area contributed by atoms with Gasteiger partial charge in [-0.3, -0.25) is 4.79 Å². The highest BCUT2D eigenvalue weighted by molar-refractivity contribution is 5.86. The van der Waals surface area contributed by atoms with Crippen LogP contribution in [0.3, 0.4) is 0 Å². The van der Waals surface area contributed by atoms with Gasteiger partial charge in [0.25, 0.3) is 0 Å². The summed E-state index contributed by atoms with van der Waals surface area (Å²) < 4.78 is 1.40. The van der Waals surface area contributed by atoms with Crippen LogP contribution in [0.25, 0.3) is 0 Å². The molecule has 1 saturated heterocycles. The van der Waals surface area contributed by atoms with Crippen LogP contribution in [0.2, 0.25) is 0 Å². The number of aromatic nitrogens is 3. The Kier molecular flexibility index (Phi) is 3.79. The van der Waals surface area contributed by atoms with E-state index in [1.54, 1.807) is 0 Å². The summed E-state index contributed by atoms with van der Waals surface area (Å²) >= 11 is 0. The zero-order valence-corrected chi connectivity index (χ0v) is 10.7. The van der Waals surface area contributed by atoms with Crippen molar-refractivity contribution in [3.63, 3.8) is 0 Å². The lowest BCUT2D eigenvalue weighted by atomic mass is 9.99. The fraction of sp³-hybridized carbons (Fsp3) is 0.636. The number of carbonyl (C=O) groups excluding carboxylic acids is 1. The maximum Gasteiger partial charge on any atom is 0.358 e. The molecule has 1 aromatic heterocycles. The SMILES string of the molecule is CC1(C(=O)NCCn2cc(C(=O)O)nn2)CCCN1. The number of carboxylic acids is 1. The fourth-order valence-corrected chi connectivity index (χ4v) is 2.07. The van der Waals surface area contributed by atoms with E-state index in [1.807, 2.05) is 6.92 Å². The second-order valence-electron chi connectivity index (χ2n) is 4.79. The van der Waals surface area contributed by atoms with Crippen LogP contribution >= 0.6 is 0 Å². The van der Waals surface area contributed by atoms with Gasteiger partial charge in [0.15, 0.2) is 5.69 Å². The van der Waals surface area contributed by atoms with Crippen molar-refractivity contribution in [3.05, 3.63) is 11.9 Å². The van der Waals surface area contributed by atoms with Gasteiger partial charge in [0.2, 0.25) is 5.91 Å². The molecule has 0 radical (unpaired) electrons. The van der Waals surface area contributed by atoms with Crippen molar-refractivity contribution in [1.82, 2.24) is 25.6 Å². The molecule has 2 rings (SSSR count). The zero-order valence-electron chi connectivity index (χ0n) is 10.7. The normalized spacial score (nSPS) is 22.4. The minimum atomic E-state index is -1.11. The van der Waals surface area contributed by atoms with Crippen LogP contribution < -0.4 is 10.6 Å². The smallest absolute Gasteiger partial charge is 0.358 e. The molecule has 104 valence electrons. The Morgan fingerprint density at radius 1 is 1.63 bits per heavy atom. The summed E-state index contributed by atoms with van der Waals surface area (Å²) in [6.45, 7) is 3.52. The van der Waals surface area contributed by atoms with Gasteiger partial charge in [-0.1, -0.05) is 5.21 Å². The Labute approximate surface area is 110 Å². The second-order valence-corrected chi connectivity index (χ2v) is 4.79. The van der Waals surface area contributed by atoms with E-state index in [-0.39, 0.29) is 11.6 Å². The predicted molar refractivity (Wildman–Crippen MR) is 65.6 cm³/mol. The van der Waals surface area contributed by atoms with E-state index < -0.39 is 11.5 Å². The highest BCUT2D eigenvalue weighted by Gasteiger charge is 2.35. The van der Waals surface area contributed by atoms with Crippen molar-refractivity contribution in [1.29, 1.82) is 0 Å². The molecule has 0 aromatic carbocycles. The van der Waals surface area contributed by atoms with Crippen LogP contribution in [0.15, 0.2) is 6.20 Å². The number of aromatic carboxylic acids is 1. The number of carboxylic acid groups (broad SMARTS) is 1. The van der Waals surface area contributed by atoms with E-state index in [0.29, 0.717) is 13.1 Å². The average molecular weight is 267 g/mol. The summed E-state index contributed by atoms with van der Waals surface area (Å²) in [4.78, 5) is 22.6. The summed E-state index contributed by atoms with van der Waals surface area (Å²) in [5, 5.41) is 21.8. The Morgan fingerprint density at radius 3 is 3.00 bits per heavy atom. The Bertz CT molecular complexity index is 478. The van der Waals surface area contributed by atoms with E-state index in [1.165, 1.54) is 10.9 Å². The first kappa shape index (κ1) is 13.5. The van der Waals surface area contributed by atoms with Crippen molar-refractivity contribution in [3.8, 4) is 0 Å². The van der Waals surface area contributed by atoms with Crippen molar-refractivity contribution in [2.45, 2.75) is 31.8 Å². The lowest BCUT2D eigenvalue weighted by Crippen LogP contribution is -2.51. The number of nitrogens with one attached hydrogen (secondary N) is 2. The molecular formula is C11H17N5O3. The molecule has 8 heteroatoms. The first-order valence-electron chi connectivity index (χ1n) is 6.18. The van der Waals surface area contributed by atoms with Crippen molar-refractivity contribution in [2.75, 3.05) is 13.1 Å². The first-order chi connectivity index (χ1) is 9.01. The quantitative estimate of drug-likeness (QED) is 0.646. The van der Waals surface area contributed by atoms with Crippen molar-refractivity contribution in [2.24, 2.45) is 0 Å². The van der Waals surface area contributed by atoms with Crippen molar-refractivity contribution >= 4 is 11.9 Å². The minimum Gasteiger partial charge on any atom is -0.476 e. The topological polar surface area (TPSA) is 109 Å². The third kappa shape index (κ3) is 3.08. The van der Waals surface area contributed by atoms with Gasteiger partial charge in [0, 0.05) is 6.54 Å². The Hall–Kier alpha value is -1.96. The Morgan fingerprint density at radius 2 is 2.42 bits per heavy atom.